The highest BCUT2D eigenvalue weighted by atomic mass is 16.5. The van der Waals surface area contributed by atoms with E-state index in [0.29, 0.717) is 0 Å². The van der Waals surface area contributed by atoms with Gasteiger partial charge in [0.25, 0.3) is 0 Å². The number of rotatable bonds is 2. The summed E-state index contributed by atoms with van der Waals surface area (Å²) in [6, 6.07) is 0. The molecule has 0 aromatic heterocycles. The molecule has 1 unspecified atom stereocenters. The summed E-state index contributed by atoms with van der Waals surface area (Å²) in [6.07, 6.45) is 13.6. The molecular formula is C12H18O. The first-order chi connectivity index (χ1) is 6.40. The van der Waals surface area contributed by atoms with Crippen molar-refractivity contribution in [2.24, 2.45) is 11.8 Å². The minimum absolute atomic E-state index is 0.793. The predicted octanol–water partition coefficient (Wildman–Crippen LogP) is 3.28. The SMILES string of the molecule is COC1=CCC(C2CCCC2)C=C1. The fourth-order valence-corrected chi connectivity index (χ4v) is 2.50. The molecule has 0 bridgehead atoms. The van der Waals surface area contributed by atoms with Crippen LogP contribution in [0.5, 0.6) is 0 Å². The maximum Gasteiger partial charge on any atom is 0.114 e. The normalized spacial score (nSPS) is 29.0. The summed E-state index contributed by atoms with van der Waals surface area (Å²) in [7, 11) is 1.74. The van der Waals surface area contributed by atoms with Crippen molar-refractivity contribution in [1.82, 2.24) is 0 Å². The molecule has 0 saturated heterocycles. The molecule has 0 heterocycles. The minimum Gasteiger partial charge on any atom is -0.497 e. The van der Waals surface area contributed by atoms with Crippen LogP contribution >= 0.6 is 0 Å². The molecule has 0 aromatic rings. The Morgan fingerprint density at radius 2 is 2.08 bits per heavy atom. The van der Waals surface area contributed by atoms with Gasteiger partial charge in [0.1, 0.15) is 5.76 Å². The Bertz CT molecular complexity index is 221. The maximum atomic E-state index is 5.18. The molecule has 0 aliphatic heterocycles. The van der Waals surface area contributed by atoms with Crippen molar-refractivity contribution in [3.8, 4) is 0 Å². The Morgan fingerprint density at radius 3 is 2.62 bits per heavy atom. The summed E-state index contributed by atoms with van der Waals surface area (Å²) in [6.45, 7) is 0. The average Bonchev–Trinajstić information content (AvgIpc) is 2.71. The van der Waals surface area contributed by atoms with E-state index < -0.39 is 0 Å². The molecule has 1 nitrogen and oxygen atoms in total. The number of allylic oxidation sites excluding steroid dienone is 3. The second kappa shape index (κ2) is 3.99. The van der Waals surface area contributed by atoms with Crippen molar-refractivity contribution in [2.45, 2.75) is 32.1 Å². The Kier molecular flexibility index (Phi) is 2.72. The van der Waals surface area contributed by atoms with Crippen molar-refractivity contribution in [2.75, 3.05) is 7.11 Å². The average molecular weight is 178 g/mol. The van der Waals surface area contributed by atoms with Gasteiger partial charge >= 0.3 is 0 Å². The van der Waals surface area contributed by atoms with E-state index >= 15 is 0 Å². The number of ether oxygens (including phenoxy) is 1. The van der Waals surface area contributed by atoms with Crippen LogP contribution in [0, 0.1) is 11.8 Å². The van der Waals surface area contributed by atoms with Crippen LogP contribution in [0.1, 0.15) is 32.1 Å². The Balaban J connectivity index is 1.91. The lowest BCUT2D eigenvalue weighted by Gasteiger charge is -2.21. The molecule has 72 valence electrons. The molecular weight excluding hydrogens is 160 g/mol. The molecule has 0 amide bonds. The van der Waals surface area contributed by atoms with Crippen LogP contribution in [0.2, 0.25) is 0 Å². The van der Waals surface area contributed by atoms with E-state index in [2.05, 4.69) is 18.2 Å². The van der Waals surface area contributed by atoms with Crippen molar-refractivity contribution >= 4 is 0 Å². The van der Waals surface area contributed by atoms with Crippen LogP contribution in [-0.4, -0.2) is 7.11 Å². The van der Waals surface area contributed by atoms with Crippen LogP contribution < -0.4 is 0 Å². The molecule has 2 rings (SSSR count). The summed E-state index contributed by atoms with van der Waals surface area (Å²) in [4.78, 5) is 0. The van der Waals surface area contributed by atoms with E-state index in [-0.39, 0.29) is 0 Å². The summed E-state index contributed by atoms with van der Waals surface area (Å²) < 4.78 is 5.18. The minimum atomic E-state index is 0.793. The van der Waals surface area contributed by atoms with Crippen LogP contribution in [0.4, 0.5) is 0 Å². The molecule has 0 spiro atoms. The molecule has 13 heavy (non-hydrogen) atoms. The van der Waals surface area contributed by atoms with Gasteiger partial charge in [0.05, 0.1) is 7.11 Å². The van der Waals surface area contributed by atoms with E-state index in [9.17, 15) is 0 Å². The maximum absolute atomic E-state index is 5.18. The second-order valence-corrected chi connectivity index (χ2v) is 4.11. The smallest absolute Gasteiger partial charge is 0.114 e. The summed E-state index contributed by atoms with van der Waals surface area (Å²) in [5.41, 5.74) is 0. The van der Waals surface area contributed by atoms with Gasteiger partial charge in [-0.3, -0.25) is 0 Å². The molecule has 2 aliphatic carbocycles. The van der Waals surface area contributed by atoms with Gasteiger partial charge in [-0.25, -0.2) is 0 Å². The summed E-state index contributed by atoms with van der Waals surface area (Å²) in [5, 5.41) is 0. The molecule has 0 aromatic carbocycles. The third-order valence-electron chi connectivity index (χ3n) is 3.34. The van der Waals surface area contributed by atoms with Gasteiger partial charge in [0, 0.05) is 0 Å². The Labute approximate surface area is 80.5 Å². The van der Waals surface area contributed by atoms with Gasteiger partial charge < -0.3 is 4.74 Å². The first-order valence-electron chi connectivity index (χ1n) is 5.32. The zero-order valence-corrected chi connectivity index (χ0v) is 8.33. The highest BCUT2D eigenvalue weighted by Crippen LogP contribution is 2.35. The van der Waals surface area contributed by atoms with E-state index in [4.69, 9.17) is 4.74 Å². The largest absolute Gasteiger partial charge is 0.497 e. The lowest BCUT2D eigenvalue weighted by atomic mass is 9.85. The molecule has 1 saturated carbocycles. The quantitative estimate of drug-likeness (QED) is 0.630. The third-order valence-corrected chi connectivity index (χ3v) is 3.34. The summed E-state index contributed by atoms with van der Waals surface area (Å²) in [5.74, 6) is 2.78. The van der Waals surface area contributed by atoms with Crippen molar-refractivity contribution in [1.29, 1.82) is 0 Å². The fraction of sp³-hybridized carbons (Fsp3) is 0.667. The van der Waals surface area contributed by atoms with E-state index in [1.54, 1.807) is 7.11 Å². The van der Waals surface area contributed by atoms with Gasteiger partial charge in [0.2, 0.25) is 0 Å². The standard InChI is InChI=1S/C12H18O/c1-13-12-8-6-11(7-9-12)10-4-2-3-5-10/h6,8-11H,2-5,7H2,1H3. The molecule has 0 N–H and O–H groups in total. The molecule has 1 heteroatoms. The molecule has 1 atom stereocenters. The van der Waals surface area contributed by atoms with Gasteiger partial charge in [-0.1, -0.05) is 18.9 Å². The van der Waals surface area contributed by atoms with Gasteiger partial charge in [0.15, 0.2) is 0 Å². The van der Waals surface area contributed by atoms with Crippen LogP contribution in [0.15, 0.2) is 24.0 Å². The van der Waals surface area contributed by atoms with Crippen molar-refractivity contribution in [3.05, 3.63) is 24.0 Å². The second-order valence-electron chi connectivity index (χ2n) is 4.11. The van der Waals surface area contributed by atoms with Gasteiger partial charge in [-0.2, -0.15) is 0 Å². The van der Waals surface area contributed by atoms with E-state index in [0.717, 1.165) is 17.6 Å². The Hall–Kier alpha value is -0.720. The van der Waals surface area contributed by atoms with Crippen molar-refractivity contribution in [3.63, 3.8) is 0 Å². The fourth-order valence-electron chi connectivity index (χ4n) is 2.50. The highest BCUT2D eigenvalue weighted by molar-refractivity contribution is 5.18. The zero-order valence-electron chi connectivity index (χ0n) is 8.33. The summed E-state index contributed by atoms with van der Waals surface area (Å²) >= 11 is 0. The van der Waals surface area contributed by atoms with Crippen LogP contribution in [-0.2, 0) is 4.74 Å². The zero-order chi connectivity index (χ0) is 9.10. The molecule has 2 aliphatic rings. The molecule has 1 fully saturated rings. The number of methoxy groups -OCH3 is 1. The number of hydrogen-bond donors (Lipinski definition) is 0. The lowest BCUT2D eigenvalue weighted by molar-refractivity contribution is 0.296. The Morgan fingerprint density at radius 1 is 1.31 bits per heavy atom. The predicted molar refractivity (Wildman–Crippen MR) is 54.3 cm³/mol. The van der Waals surface area contributed by atoms with E-state index in [1.165, 1.54) is 32.1 Å². The number of hydrogen-bond acceptors (Lipinski definition) is 1. The topological polar surface area (TPSA) is 9.23 Å². The van der Waals surface area contributed by atoms with E-state index in [1.807, 2.05) is 0 Å². The lowest BCUT2D eigenvalue weighted by Crippen LogP contribution is -2.10. The van der Waals surface area contributed by atoms with Gasteiger partial charge in [-0.05, 0) is 43.3 Å². The monoisotopic (exact) mass is 178 g/mol. The van der Waals surface area contributed by atoms with Crippen LogP contribution in [0.25, 0.3) is 0 Å². The van der Waals surface area contributed by atoms with Crippen LogP contribution in [0.3, 0.4) is 0 Å². The first kappa shape index (κ1) is 8.86. The van der Waals surface area contributed by atoms with Gasteiger partial charge in [-0.15, -0.1) is 0 Å². The third kappa shape index (κ3) is 1.96. The van der Waals surface area contributed by atoms with Crippen molar-refractivity contribution < 1.29 is 4.74 Å². The molecule has 0 radical (unpaired) electrons. The first-order valence-corrected chi connectivity index (χ1v) is 5.32. The highest BCUT2D eigenvalue weighted by Gasteiger charge is 2.23.